The second-order valence-electron chi connectivity index (χ2n) is 2.63. The summed E-state index contributed by atoms with van der Waals surface area (Å²) in [6.45, 7) is 2.29. The first kappa shape index (κ1) is 6.81. The largest absolute Gasteiger partial charge is 0.312 e. The molecule has 0 N–H and O–H groups in total. The van der Waals surface area contributed by atoms with E-state index in [2.05, 4.69) is 6.92 Å². The molecule has 0 heterocycles. The Morgan fingerprint density at radius 3 is 2.50 bits per heavy atom. The van der Waals surface area contributed by atoms with E-state index < -0.39 is 0 Å². The van der Waals surface area contributed by atoms with Crippen LogP contribution in [0.2, 0.25) is 0 Å². The SMILES string of the molecule is CC1CCC(OI)C1. The van der Waals surface area contributed by atoms with Gasteiger partial charge in [-0.2, -0.15) is 0 Å². The zero-order valence-electron chi connectivity index (χ0n) is 5.06. The predicted octanol–water partition coefficient (Wildman–Crippen LogP) is 2.54. The topological polar surface area (TPSA) is 9.23 Å². The Kier molecular flexibility index (Phi) is 2.56. The Hall–Kier alpha value is 0.690. The molecule has 1 fully saturated rings. The average molecular weight is 226 g/mol. The molecule has 0 amide bonds. The summed E-state index contributed by atoms with van der Waals surface area (Å²) in [6, 6.07) is 0. The van der Waals surface area contributed by atoms with Crippen LogP contribution in [0.5, 0.6) is 0 Å². The maximum Gasteiger partial charge on any atom is 0.110 e. The molecule has 48 valence electrons. The van der Waals surface area contributed by atoms with Gasteiger partial charge in [0.1, 0.15) is 23.0 Å². The third kappa shape index (κ3) is 1.58. The summed E-state index contributed by atoms with van der Waals surface area (Å²) in [6.07, 6.45) is 4.45. The summed E-state index contributed by atoms with van der Waals surface area (Å²) >= 11 is 2.00. The predicted molar refractivity (Wildman–Crippen MR) is 41.9 cm³/mol. The molecule has 0 aromatic heterocycles. The molecule has 2 atom stereocenters. The average Bonchev–Trinajstić information content (AvgIpc) is 2.14. The van der Waals surface area contributed by atoms with Crippen molar-refractivity contribution >= 4 is 23.0 Å². The highest BCUT2D eigenvalue weighted by Gasteiger charge is 2.20. The molecule has 2 unspecified atom stereocenters. The number of hydrogen-bond acceptors (Lipinski definition) is 1. The lowest BCUT2D eigenvalue weighted by molar-refractivity contribution is 0.285. The fraction of sp³-hybridized carbons (Fsp3) is 1.00. The molecule has 1 aliphatic rings. The smallest absolute Gasteiger partial charge is 0.110 e. The molecule has 0 saturated heterocycles. The Morgan fingerprint density at radius 2 is 2.25 bits per heavy atom. The van der Waals surface area contributed by atoms with Crippen LogP contribution in [0, 0.1) is 5.92 Å². The minimum Gasteiger partial charge on any atom is -0.312 e. The molecule has 0 spiro atoms. The van der Waals surface area contributed by atoms with Gasteiger partial charge in [0, 0.05) is 0 Å². The van der Waals surface area contributed by atoms with Gasteiger partial charge in [0.25, 0.3) is 0 Å². The van der Waals surface area contributed by atoms with Crippen molar-refractivity contribution in [2.24, 2.45) is 5.92 Å². The van der Waals surface area contributed by atoms with E-state index >= 15 is 0 Å². The molecular formula is C6H11IO. The van der Waals surface area contributed by atoms with E-state index in [1.807, 2.05) is 23.0 Å². The van der Waals surface area contributed by atoms with Gasteiger partial charge in [-0.15, -0.1) is 0 Å². The fourth-order valence-corrected chi connectivity index (χ4v) is 1.70. The van der Waals surface area contributed by atoms with Crippen molar-refractivity contribution in [1.82, 2.24) is 0 Å². The van der Waals surface area contributed by atoms with Gasteiger partial charge in [-0.3, -0.25) is 0 Å². The van der Waals surface area contributed by atoms with Crippen molar-refractivity contribution in [2.45, 2.75) is 32.3 Å². The summed E-state index contributed by atoms with van der Waals surface area (Å²) in [5.74, 6) is 0.898. The van der Waals surface area contributed by atoms with Crippen LogP contribution in [0.15, 0.2) is 0 Å². The molecule has 1 aliphatic carbocycles. The molecule has 1 rings (SSSR count). The van der Waals surface area contributed by atoms with E-state index in [0.717, 1.165) is 5.92 Å². The maximum absolute atomic E-state index is 5.15. The molecule has 2 heteroatoms. The molecular weight excluding hydrogens is 215 g/mol. The van der Waals surface area contributed by atoms with E-state index in [1.165, 1.54) is 19.3 Å². The Labute approximate surface area is 64.5 Å². The number of hydrogen-bond donors (Lipinski definition) is 0. The van der Waals surface area contributed by atoms with Gasteiger partial charge in [-0.1, -0.05) is 6.92 Å². The van der Waals surface area contributed by atoms with Crippen LogP contribution in [0.1, 0.15) is 26.2 Å². The molecule has 0 radical (unpaired) electrons. The van der Waals surface area contributed by atoms with E-state index in [1.54, 1.807) is 0 Å². The quantitative estimate of drug-likeness (QED) is 0.624. The summed E-state index contributed by atoms with van der Waals surface area (Å²) < 4.78 is 5.15. The lowest BCUT2D eigenvalue weighted by Gasteiger charge is -2.01. The highest BCUT2D eigenvalue weighted by atomic mass is 127. The number of halogens is 1. The first-order valence-electron chi connectivity index (χ1n) is 3.10. The third-order valence-electron chi connectivity index (χ3n) is 1.77. The van der Waals surface area contributed by atoms with Gasteiger partial charge >= 0.3 is 0 Å². The highest BCUT2D eigenvalue weighted by Crippen LogP contribution is 2.27. The zero-order valence-corrected chi connectivity index (χ0v) is 7.22. The van der Waals surface area contributed by atoms with Crippen molar-refractivity contribution in [3.8, 4) is 0 Å². The zero-order chi connectivity index (χ0) is 5.98. The van der Waals surface area contributed by atoms with Crippen molar-refractivity contribution in [3.63, 3.8) is 0 Å². The minimum absolute atomic E-state index is 0.561. The van der Waals surface area contributed by atoms with Crippen molar-refractivity contribution in [2.75, 3.05) is 0 Å². The van der Waals surface area contributed by atoms with Crippen LogP contribution < -0.4 is 0 Å². The second kappa shape index (κ2) is 3.01. The van der Waals surface area contributed by atoms with Crippen molar-refractivity contribution in [1.29, 1.82) is 0 Å². The molecule has 1 saturated carbocycles. The summed E-state index contributed by atoms with van der Waals surface area (Å²) in [4.78, 5) is 0. The van der Waals surface area contributed by atoms with Crippen LogP contribution >= 0.6 is 23.0 Å². The van der Waals surface area contributed by atoms with E-state index in [9.17, 15) is 0 Å². The van der Waals surface area contributed by atoms with Gasteiger partial charge < -0.3 is 3.07 Å². The first-order chi connectivity index (χ1) is 3.83. The first-order valence-corrected chi connectivity index (χ1v) is 3.98. The Morgan fingerprint density at radius 1 is 1.50 bits per heavy atom. The van der Waals surface area contributed by atoms with E-state index in [0.29, 0.717) is 6.10 Å². The molecule has 0 aliphatic heterocycles. The van der Waals surface area contributed by atoms with Crippen LogP contribution in [0.4, 0.5) is 0 Å². The monoisotopic (exact) mass is 226 g/mol. The normalized spacial score (nSPS) is 38.2. The van der Waals surface area contributed by atoms with Gasteiger partial charge in [0.05, 0.1) is 6.10 Å². The fourth-order valence-electron chi connectivity index (χ4n) is 1.24. The number of rotatable bonds is 1. The lowest BCUT2D eigenvalue weighted by Crippen LogP contribution is -1.99. The van der Waals surface area contributed by atoms with E-state index in [4.69, 9.17) is 3.07 Å². The molecule has 0 aromatic carbocycles. The van der Waals surface area contributed by atoms with Crippen molar-refractivity contribution < 1.29 is 3.07 Å². The van der Waals surface area contributed by atoms with Gasteiger partial charge in [-0.05, 0) is 25.2 Å². The summed E-state index contributed by atoms with van der Waals surface area (Å²) in [5.41, 5.74) is 0. The Bertz CT molecular complexity index is 74.9. The third-order valence-corrected chi connectivity index (χ3v) is 2.49. The Balaban J connectivity index is 2.22. The molecule has 8 heavy (non-hydrogen) atoms. The summed E-state index contributed by atoms with van der Waals surface area (Å²) in [7, 11) is 0. The lowest BCUT2D eigenvalue weighted by atomic mass is 10.1. The van der Waals surface area contributed by atoms with Crippen LogP contribution in [0.25, 0.3) is 0 Å². The standard InChI is InChI=1S/C6H11IO/c1-5-2-3-6(4-5)8-7/h5-6H,2-4H2,1H3. The maximum atomic E-state index is 5.15. The highest BCUT2D eigenvalue weighted by molar-refractivity contribution is 14.1. The minimum atomic E-state index is 0.561. The van der Waals surface area contributed by atoms with Gasteiger partial charge in [-0.25, -0.2) is 0 Å². The van der Waals surface area contributed by atoms with Gasteiger partial charge in [0.2, 0.25) is 0 Å². The molecule has 0 bridgehead atoms. The molecule has 1 nitrogen and oxygen atoms in total. The second-order valence-corrected chi connectivity index (χ2v) is 3.14. The van der Waals surface area contributed by atoms with Crippen LogP contribution in [-0.4, -0.2) is 6.10 Å². The van der Waals surface area contributed by atoms with Gasteiger partial charge in [0.15, 0.2) is 0 Å². The van der Waals surface area contributed by atoms with Crippen molar-refractivity contribution in [3.05, 3.63) is 0 Å². The van der Waals surface area contributed by atoms with Crippen LogP contribution in [-0.2, 0) is 3.07 Å². The molecule has 0 aromatic rings. The summed E-state index contributed by atoms with van der Waals surface area (Å²) in [5, 5.41) is 0. The van der Waals surface area contributed by atoms with Crippen LogP contribution in [0.3, 0.4) is 0 Å². The van der Waals surface area contributed by atoms with E-state index in [-0.39, 0.29) is 0 Å².